The lowest BCUT2D eigenvalue weighted by Gasteiger charge is -2.06. The number of hydrogen-bond acceptors (Lipinski definition) is 4. The maximum Gasteiger partial charge on any atom is 0.253 e. The van der Waals surface area contributed by atoms with E-state index in [9.17, 15) is 13.6 Å². The molecule has 130 valence electrons. The number of amides is 1. The largest absolute Gasteiger partial charge is 0.347 e. The van der Waals surface area contributed by atoms with Gasteiger partial charge in [0.25, 0.3) is 5.91 Å². The summed E-state index contributed by atoms with van der Waals surface area (Å²) in [4.78, 5) is 13.4. The third-order valence-corrected chi connectivity index (χ3v) is 4.71. The normalized spacial score (nSPS) is 11.0. The van der Waals surface area contributed by atoms with Gasteiger partial charge in [-0.1, -0.05) is 6.07 Å². The fraction of sp³-hybridized carbons (Fsp3) is 0.0556. The molecular weight excluding hydrogens is 358 g/mol. The Bertz CT molecular complexity index is 1090. The number of halogens is 2. The van der Waals surface area contributed by atoms with Gasteiger partial charge in [0, 0.05) is 11.1 Å². The summed E-state index contributed by atoms with van der Waals surface area (Å²) >= 11 is 1.55. The average molecular weight is 370 g/mol. The van der Waals surface area contributed by atoms with Crippen molar-refractivity contribution in [2.24, 2.45) is 0 Å². The van der Waals surface area contributed by atoms with Crippen molar-refractivity contribution < 1.29 is 13.6 Å². The summed E-state index contributed by atoms with van der Waals surface area (Å²) in [6.45, 7) is 0.419. The number of carbonyl (C=O) groups is 1. The Morgan fingerprint density at radius 2 is 2.04 bits per heavy atom. The first-order chi connectivity index (χ1) is 12.6. The van der Waals surface area contributed by atoms with Gasteiger partial charge in [-0.25, -0.2) is 8.78 Å². The predicted octanol–water partition coefficient (Wildman–Crippen LogP) is 3.67. The van der Waals surface area contributed by atoms with Crippen molar-refractivity contribution >= 4 is 22.9 Å². The van der Waals surface area contributed by atoms with Crippen LogP contribution < -0.4 is 5.32 Å². The molecular formula is C18H12F2N4OS. The highest BCUT2D eigenvalue weighted by Crippen LogP contribution is 2.23. The first-order valence-electron chi connectivity index (χ1n) is 7.72. The predicted molar refractivity (Wildman–Crippen MR) is 93.8 cm³/mol. The SMILES string of the molecule is O=C(NCc1cccs1)c1ccc2nnc(-c3cc(F)ccc3F)n2c1. The summed E-state index contributed by atoms with van der Waals surface area (Å²) in [7, 11) is 0. The van der Waals surface area contributed by atoms with E-state index in [0.717, 1.165) is 23.1 Å². The molecule has 0 saturated heterocycles. The van der Waals surface area contributed by atoms with Gasteiger partial charge in [0.2, 0.25) is 0 Å². The van der Waals surface area contributed by atoms with Crippen molar-refractivity contribution in [1.82, 2.24) is 19.9 Å². The number of pyridine rings is 1. The molecule has 3 heterocycles. The standard InChI is InChI=1S/C18H12F2N4OS/c19-12-4-5-15(20)14(8-12)17-23-22-16-6-3-11(10-24(16)17)18(25)21-9-13-2-1-7-26-13/h1-8,10H,9H2,(H,21,25). The maximum absolute atomic E-state index is 14.1. The van der Waals surface area contributed by atoms with Crippen molar-refractivity contribution in [2.45, 2.75) is 6.54 Å². The van der Waals surface area contributed by atoms with Gasteiger partial charge in [-0.2, -0.15) is 0 Å². The number of hydrogen-bond donors (Lipinski definition) is 1. The van der Waals surface area contributed by atoms with E-state index in [1.165, 1.54) is 10.6 Å². The van der Waals surface area contributed by atoms with E-state index in [-0.39, 0.29) is 17.3 Å². The Kier molecular flexibility index (Phi) is 4.18. The van der Waals surface area contributed by atoms with Crippen LogP contribution in [0.25, 0.3) is 17.0 Å². The number of nitrogens with zero attached hydrogens (tertiary/aromatic N) is 3. The highest BCUT2D eigenvalue weighted by atomic mass is 32.1. The van der Waals surface area contributed by atoms with Crippen LogP contribution in [0.2, 0.25) is 0 Å². The summed E-state index contributed by atoms with van der Waals surface area (Å²) in [6.07, 6.45) is 1.51. The lowest BCUT2D eigenvalue weighted by Crippen LogP contribution is -2.22. The Morgan fingerprint density at radius 3 is 2.85 bits per heavy atom. The zero-order valence-electron chi connectivity index (χ0n) is 13.3. The molecule has 0 aliphatic rings. The number of rotatable bonds is 4. The molecule has 1 amide bonds. The summed E-state index contributed by atoms with van der Waals surface area (Å²) in [5, 5.41) is 12.6. The molecule has 0 aliphatic heterocycles. The van der Waals surface area contributed by atoms with E-state index in [4.69, 9.17) is 0 Å². The second-order valence-electron chi connectivity index (χ2n) is 5.56. The van der Waals surface area contributed by atoms with Gasteiger partial charge in [-0.3, -0.25) is 9.20 Å². The Balaban J connectivity index is 1.68. The average Bonchev–Trinajstić information content (AvgIpc) is 3.30. The molecule has 0 saturated carbocycles. The van der Waals surface area contributed by atoms with E-state index in [0.29, 0.717) is 17.8 Å². The molecule has 1 N–H and O–H groups in total. The molecule has 4 aromatic rings. The van der Waals surface area contributed by atoms with Gasteiger partial charge < -0.3 is 5.32 Å². The van der Waals surface area contributed by atoms with Crippen LogP contribution in [0.1, 0.15) is 15.2 Å². The van der Waals surface area contributed by atoms with Crippen molar-refractivity contribution in [3.05, 3.63) is 76.1 Å². The third-order valence-electron chi connectivity index (χ3n) is 3.84. The number of thiophene rings is 1. The quantitative estimate of drug-likeness (QED) is 0.596. The smallest absolute Gasteiger partial charge is 0.253 e. The minimum absolute atomic E-state index is 0.0198. The topological polar surface area (TPSA) is 59.3 Å². The van der Waals surface area contributed by atoms with E-state index in [1.54, 1.807) is 23.5 Å². The number of aromatic nitrogens is 3. The fourth-order valence-electron chi connectivity index (χ4n) is 2.56. The Labute approximate surface area is 150 Å². The molecule has 0 atom stereocenters. The molecule has 1 aromatic carbocycles. The summed E-state index contributed by atoms with van der Waals surface area (Å²) < 4.78 is 29.0. The zero-order valence-corrected chi connectivity index (χ0v) is 14.1. The molecule has 0 radical (unpaired) electrons. The molecule has 4 rings (SSSR count). The highest BCUT2D eigenvalue weighted by molar-refractivity contribution is 7.09. The molecule has 8 heteroatoms. The van der Waals surface area contributed by atoms with Crippen molar-refractivity contribution in [3.8, 4) is 11.4 Å². The number of benzene rings is 1. The molecule has 26 heavy (non-hydrogen) atoms. The van der Waals surface area contributed by atoms with Gasteiger partial charge in [0.1, 0.15) is 11.6 Å². The molecule has 0 bridgehead atoms. The fourth-order valence-corrected chi connectivity index (χ4v) is 3.20. The lowest BCUT2D eigenvalue weighted by atomic mass is 10.2. The van der Waals surface area contributed by atoms with Crippen LogP contribution in [0.15, 0.2) is 54.0 Å². The van der Waals surface area contributed by atoms with Crippen LogP contribution in [-0.4, -0.2) is 20.5 Å². The van der Waals surface area contributed by atoms with Crippen LogP contribution in [0.4, 0.5) is 8.78 Å². The number of nitrogens with one attached hydrogen (secondary N) is 1. The molecule has 0 unspecified atom stereocenters. The summed E-state index contributed by atoms with van der Waals surface area (Å²) in [6, 6.07) is 10.2. The van der Waals surface area contributed by atoms with Gasteiger partial charge >= 0.3 is 0 Å². The Hall–Kier alpha value is -3.13. The van der Waals surface area contributed by atoms with Gasteiger partial charge in [0.05, 0.1) is 17.7 Å². The van der Waals surface area contributed by atoms with Crippen molar-refractivity contribution in [2.75, 3.05) is 0 Å². The minimum Gasteiger partial charge on any atom is -0.347 e. The third kappa shape index (κ3) is 3.06. The highest BCUT2D eigenvalue weighted by Gasteiger charge is 2.15. The monoisotopic (exact) mass is 370 g/mol. The summed E-state index contributed by atoms with van der Waals surface area (Å²) in [5.41, 5.74) is 0.777. The maximum atomic E-state index is 14.1. The first-order valence-corrected chi connectivity index (χ1v) is 8.60. The van der Waals surface area contributed by atoms with Gasteiger partial charge in [-0.15, -0.1) is 21.5 Å². The van der Waals surface area contributed by atoms with Crippen LogP contribution in [-0.2, 0) is 6.54 Å². The van der Waals surface area contributed by atoms with E-state index < -0.39 is 11.6 Å². The van der Waals surface area contributed by atoms with Gasteiger partial charge in [-0.05, 0) is 41.8 Å². The molecule has 0 spiro atoms. The second-order valence-corrected chi connectivity index (χ2v) is 6.59. The number of fused-ring (bicyclic) bond motifs is 1. The molecule has 5 nitrogen and oxygen atoms in total. The molecule has 0 aliphatic carbocycles. The molecule has 0 fully saturated rings. The van der Waals surface area contributed by atoms with E-state index in [2.05, 4.69) is 15.5 Å². The minimum atomic E-state index is -0.617. The second kappa shape index (κ2) is 6.64. The van der Waals surface area contributed by atoms with E-state index >= 15 is 0 Å². The number of carbonyl (C=O) groups excluding carboxylic acids is 1. The van der Waals surface area contributed by atoms with Crippen LogP contribution in [0.5, 0.6) is 0 Å². The van der Waals surface area contributed by atoms with E-state index in [1.807, 2.05) is 17.5 Å². The van der Waals surface area contributed by atoms with Crippen LogP contribution in [0, 0.1) is 11.6 Å². The van der Waals surface area contributed by atoms with Crippen molar-refractivity contribution in [3.63, 3.8) is 0 Å². The first kappa shape index (κ1) is 16.3. The van der Waals surface area contributed by atoms with Crippen LogP contribution in [0.3, 0.4) is 0 Å². The zero-order chi connectivity index (χ0) is 18.1. The van der Waals surface area contributed by atoms with Crippen molar-refractivity contribution in [1.29, 1.82) is 0 Å². The summed E-state index contributed by atoms with van der Waals surface area (Å²) in [5.74, 6) is -1.35. The lowest BCUT2D eigenvalue weighted by molar-refractivity contribution is 0.0951. The van der Waals surface area contributed by atoms with Crippen LogP contribution >= 0.6 is 11.3 Å². The van der Waals surface area contributed by atoms with Gasteiger partial charge in [0.15, 0.2) is 11.5 Å². The Morgan fingerprint density at radius 1 is 1.15 bits per heavy atom. The molecule has 3 aromatic heterocycles.